The summed E-state index contributed by atoms with van der Waals surface area (Å²) in [7, 11) is 0. The second-order valence-electron chi connectivity index (χ2n) is 4.08. The van der Waals surface area contributed by atoms with Crippen molar-refractivity contribution in [2.75, 3.05) is 25.1 Å². The average molecular weight is 246 g/mol. The first-order chi connectivity index (χ1) is 7.70. The molecule has 0 aromatic carbocycles. The van der Waals surface area contributed by atoms with Gasteiger partial charge in [-0.2, -0.15) is 11.8 Å². The van der Waals surface area contributed by atoms with E-state index in [0.717, 1.165) is 19.5 Å². The van der Waals surface area contributed by atoms with Crippen molar-refractivity contribution < 1.29 is 4.79 Å². The molecule has 0 spiro atoms. The van der Waals surface area contributed by atoms with Crippen molar-refractivity contribution >= 4 is 17.7 Å². The highest BCUT2D eigenvalue weighted by Crippen LogP contribution is 1.97. The number of nitrogens with one attached hydrogen (secondary N) is 2. The van der Waals surface area contributed by atoms with Crippen LogP contribution in [0.15, 0.2) is 0 Å². The highest BCUT2D eigenvalue weighted by molar-refractivity contribution is 7.98. The van der Waals surface area contributed by atoms with Crippen molar-refractivity contribution in [1.82, 2.24) is 10.6 Å². The molecule has 0 bridgehead atoms. The van der Waals surface area contributed by atoms with Gasteiger partial charge in [0.1, 0.15) is 0 Å². The largest absolute Gasteiger partial charge is 0.354 e. The highest BCUT2D eigenvalue weighted by atomic mass is 32.2. The van der Waals surface area contributed by atoms with Gasteiger partial charge in [0.15, 0.2) is 0 Å². The van der Waals surface area contributed by atoms with E-state index in [0.29, 0.717) is 12.5 Å². The molecule has 3 nitrogen and oxygen atoms in total. The maximum atomic E-state index is 11.4. The number of amides is 1. The molecule has 1 amide bonds. The van der Waals surface area contributed by atoms with Gasteiger partial charge in [-0.05, 0) is 44.7 Å². The zero-order chi connectivity index (χ0) is 12.2. The summed E-state index contributed by atoms with van der Waals surface area (Å²) in [6, 6.07) is 0.300. The number of hydrogen-bond donors (Lipinski definition) is 2. The molecular formula is C12H26N2OS. The minimum atomic E-state index is 0.158. The van der Waals surface area contributed by atoms with Gasteiger partial charge in [-0.15, -0.1) is 0 Å². The predicted molar refractivity (Wildman–Crippen MR) is 73.0 cm³/mol. The zero-order valence-corrected chi connectivity index (χ0v) is 11.7. The van der Waals surface area contributed by atoms with Crippen molar-refractivity contribution in [3.8, 4) is 0 Å². The minimum absolute atomic E-state index is 0.158. The average Bonchev–Trinajstić information content (AvgIpc) is 2.27. The van der Waals surface area contributed by atoms with Crippen molar-refractivity contribution in [3.63, 3.8) is 0 Å². The van der Waals surface area contributed by atoms with Gasteiger partial charge in [-0.25, -0.2) is 0 Å². The minimum Gasteiger partial charge on any atom is -0.354 e. The summed E-state index contributed by atoms with van der Waals surface area (Å²) < 4.78 is 0. The Morgan fingerprint density at radius 1 is 1.31 bits per heavy atom. The van der Waals surface area contributed by atoms with Crippen molar-refractivity contribution in [2.24, 2.45) is 0 Å². The zero-order valence-electron chi connectivity index (χ0n) is 10.8. The molecule has 0 saturated heterocycles. The molecular weight excluding hydrogens is 220 g/mol. The molecule has 1 unspecified atom stereocenters. The molecule has 0 aliphatic rings. The summed E-state index contributed by atoms with van der Waals surface area (Å²) in [5, 5.41) is 6.25. The van der Waals surface area contributed by atoms with E-state index in [1.54, 1.807) is 0 Å². The lowest BCUT2D eigenvalue weighted by molar-refractivity contribution is -0.121. The van der Waals surface area contributed by atoms with Crippen LogP contribution < -0.4 is 10.6 Å². The number of carbonyl (C=O) groups is 1. The van der Waals surface area contributed by atoms with Crippen LogP contribution in [0.25, 0.3) is 0 Å². The van der Waals surface area contributed by atoms with E-state index < -0.39 is 0 Å². The Bertz CT molecular complexity index is 176. The first kappa shape index (κ1) is 15.8. The molecule has 0 aromatic heterocycles. The molecule has 0 fully saturated rings. The number of hydrogen-bond acceptors (Lipinski definition) is 3. The topological polar surface area (TPSA) is 41.1 Å². The Morgan fingerprint density at radius 3 is 2.69 bits per heavy atom. The highest BCUT2D eigenvalue weighted by Gasteiger charge is 2.03. The maximum Gasteiger partial charge on any atom is 0.221 e. The number of carbonyl (C=O) groups excluding carboxylic acids is 1. The molecule has 0 aliphatic carbocycles. The van der Waals surface area contributed by atoms with Gasteiger partial charge in [0, 0.05) is 19.0 Å². The first-order valence-electron chi connectivity index (χ1n) is 6.19. The molecule has 0 rings (SSSR count). The van der Waals surface area contributed by atoms with E-state index in [1.165, 1.54) is 18.6 Å². The Kier molecular flexibility index (Phi) is 11.1. The molecule has 0 aliphatic heterocycles. The molecule has 0 saturated carbocycles. The van der Waals surface area contributed by atoms with Gasteiger partial charge in [-0.1, -0.05) is 6.92 Å². The summed E-state index contributed by atoms with van der Waals surface area (Å²) >= 11 is 1.89. The van der Waals surface area contributed by atoms with Crippen LogP contribution in [0.2, 0.25) is 0 Å². The smallest absolute Gasteiger partial charge is 0.221 e. The third-order valence-corrected chi connectivity index (χ3v) is 3.20. The summed E-state index contributed by atoms with van der Waals surface area (Å²) in [6.07, 6.45) is 6.18. The van der Waals surface area contributed by atoms with Crippen molar-refractivity contribution in [3.05, 3.63) is 0 Å². The van der Waals surface area contributed by atoms with Crippen molar-refractivity contribution in [1.29, 1.82) is 0 Å². The fourth-order valence-electron chi connectivity index (χ4n) is 1.27. The lowest BCUT2D eigenvalue weighted by Gasteiger charge is -2.11. The summed E-state index contributed by atoms with van der Waals surface area (Å²) in [4.78, 5) is 11.4. The predicted octanol–water partition coefficient (Wildman–Crippen LogP) is 2.02. The number of rotatable bonds is 10. The van der Waals surface area contributed by atoms with Gasteiger partial charge in [0.05, 0.1) is 0 Å². The van der Waals surface area contributed by atoms with E-state index in [2.05, 4.69) is 23.8 Å². The fourth-order valence-corrected chi connectivity index (χ4v) is 1.77. The molecule has 4 heteroatoms. The quantitative estimate of drug-likeness (QED) is 0.580. The first-order valence-corrected chi connectivity index (χ1v) is 7.59. The SMILES string of the molecule is CCC(C)NC(=O)CCNCCCCSC. The molecule has 0 heterocycles. The number of thioether (sulfide) groups is 1. The van der Waals surface area contributed by atoms with E-state index in [-0.39, 0.29) is 5.91 Å². The maximum absolute atomic E-state index is 11.4. The third-order valence-electron chi connectivity index (χ3n) is 2.50. The van der Waals surface area contributed by atoms with Crippen LogP contribution in [-0.4, -0.2) is 37.0 Å². The van der Waals surface area contributed by atoms with Crippen LogP contribution in [0.1, 0.15) is 39.5 Å². The Balaban J connectivity index is 3.21. The van der Waals surface area contributed by atoms with E-state index >= 15 is 0 Å². The van der Waals surface area contributed by atoms with E-state index in [4.69, 9.17) is 0 Å². The lowest BCUT2D eigenvalue weighted by Crippen LogP contribution is -2.34. The molecule has 0 aromatic rings. The van der Waals surface area contributed by atoms with Gasteiger partial charge < -0.3 is 10.6 Å². The molecule has 2 N–H and O–H groups in total. The van der Waals surface area contributed by atoms with E-state index in [1.807, 2.05) is 18.7 Å². The van der Waals surface area contributed by atoms with Crippen molar-refractivity contribution in [2.45, 2.75) is 45.6 Å². The summed E-state index contributed by atoms with van der Waals surface area (Å²) in [5.74, 6) is 1.39. The summed E-state index contributed by atoms with van der Waals surface area (Å²) in [6.45, 7) is 5.93. The Hall–Kier alpha value is -0.220. The second kappa shape index (κ2) is 11.3. The van der Waals surface area contributed by atoms with Gasteiger partial charge in [-0.3, -0.25) is 4.79 Å². The Morgan fingerprint density at radius 2 is 2.06 bits per heavy atom. The molecule has 0 radical (unpaired) electrons. The summed E-state index contributed by atoms with van der Waals surface area (Å²) in [5.41, 5.74) is 0. The second-order valence-corrected chi connectivity index (χ2v) is 5.06. The van der Waals surface area contributed by atoms with Crippen LogP contribution in [-0.2, 0) is 4.79 Å². The standard InChI is InChI=1S/C12H26N2OS/c1-4-11(2)14-12(15)7-9-13-8-5-6-10-16-3/h11,13H,4-10H2,1-3H3,(H,14,15). The normalized spacial score (nSPS) is 12.4. The Labute approximate surface area is 104 Å². The number of unbranched alkanes of at least 4 members (excludes halogenated alkanes) is 1. The third kappa shape index (κ3) is 10.3. The van der Waals surface area contributed by atoms with Crippen LogP contribution in [0, 0.1) is 0 Å². The van der Waals surface area contributed by atoms with Crippen LogP contribution >= 0.6 is 11.8 Å². The molecule has 1 atom stereocenters. The monoisotopic (exact) mass is 246 g/mol. The van der Waals surface area contributed by atoms with Gasteiger partial charge >= 0.3 is 0 Å². The molecule has 16 heavy (non-hydrogen) atoms. The van der Waals surface area contributed by atoms with Crippen LogP contribution in [0.4, 0.5) is 0 Å². The van der Waals surface area contributed by atoms with Gasteiger partial charge in [0.2, 0.25) is 5.91 Å². The molecule has 96 valence electrons. The van der Waals surface area contributed by atoms with Crippen LogP contribution in [0.3, 0.4) is 0 Å². The van der Waals surface area contributed by atoms with Gasteiger partial charge in [0.25, 0.3) is 0 Å². The van der Waals surface area contributed by atoms with E-state index in [9.17, 15) is 4.79 Å². The fraction of sp³-hybridized carbons (Fsp3) is 0.917. The van der Waals surface area contributed by atoms with Crippen LogP contribution in [0.5, 0.6) is 0 Å². The lowest BCUT2D eigenvalue weighted by atomic mass is 10.2.